The van der Waals surface area contributed by atoms with E-state index in [1.165, 1.54) is 0 Å². The lowest BCUT2D eigenvalue weighted by Gasteiger charge is -2.28. The van der Waals surface area contributed by atoms with Crippen molar-refractivity contribution in [3.63, 3.8) is 0 Å². The Kier molecular flexibility index (Phi) is 14.3. The number of nitrogens with one attached hydrogen (secondary N) is 1. The highest BCUT2D eigenvalue weighted by Gasteiger charge is 2.52. The molecule has 0 bridgehead atoms. The summed E-state index contributed by atoms with van der Waals surface area (Å²) in [4.78, 5) is 38.8. The number of aromatic amines is 1. The number of quaternary nitrogens is 1. The van der Waals surface area contributed by atoms with Gasteiger partial charge in [0.15, 0.2) is 18.3 Å². The number of carbonyl (C=O) groups excluding carboxylic acids is 1. The fourth-order valence-electron chi connectivity index (χ4n) is 6.96. The lowest BCUT2D eigenvalue weighted by Crippen LogP contribution is -2.58. The number of benzene rings is 2. The molecule has 9 atom stereocenters. The first-order valence-corrected chi connectivity index (χ1v) is 19.2. The Labute approximate surface area is 322 Å². The van der Waals surface area contributed by atoms with Crippen molar-refractivity contribution in [2.45, 2.75) is 113 Å². The third-order valence-electron chi connectivity index (χ3n) is 10.1. The Bertz CT molecular complexity index is 1950. The Morgan fingerprint density at radius 2 is 1.50 bits per heavy atom. The van der Waals surface area contributed by atoms with Gasteiger partial charge in [-0.3, -0.25) is 23.8 Å². The smallest absolute Gasteiger partial charge is 0.330 e. The van der Waals surface area contributed by atoms with Crippen LogP contribution in [0.2, 0.25) is 0 Å². The van der Waals surface area contributed by atoms with E-state index >= 15 is 0 Å². The molecule has 0 amide bonds. The highest BCUT2D eigenvalue weighted by atomic mass is 16.7. The summed E-state index contributed by atoms with van der Waals surface area (Å²) in [6.45, 7) is 1.33. The number of hydrogen-bond donors (Lipinski definition) is 6. The van der Waals surface area contributed by atoms with Crippen LogP contribution in [0.1, 0.15) is 85.3 Å². The molecule has 2 aromatic heterocycles. The number of rotatable bonds is 20. The van der Waals surface area contributed by atoms with Crippen molar-refractivity contribution in [3.05, 3.63) is 111 Å². The van der Waals surface area contributed by atoms with Gasteiger partial charge in [-0.15, -0.1) is 5.10 Å². The highest BCUT2D eigenvalue weighted by Crippen LogP contribution is 2.39. The van der Waals surface area contributed by atoms with Crippen LogP contribution in [0.15, 0.2) is 82.6 Å². The molecule has 17 heteroatoms. The molecule has 0 saturated carbocycles. The van der Waals surface area contributed by atoms with Gasteiger partial charge in [0.05, 0.1) is 12.8 Å². The van der Waals surface area contributed by atoms with Gasteiger partial charge in [0.2, 0.25) is 0 Å². The molecule has 17 nitrogen and oxygen atoms in total. The Morgan fingerprint density at radius 3 is 2.18 bits per heavy atom. The second kappa shape index (κ2) is 19.5. The third-order valence-corrected chi connectivity index (χ3v) is 10.1. The summed E-state index contributed by atoms with van der Waals surface area (Å²) in [7, 11) is 0. The predicted molar refractivity (Wildman–Crippen MR) is 198 cm³/mol. The van der Waals surface area contributed by atoms with Gasteiger partial charge in [0.25, 0.3) is 5.56 Å². The van der Waals surface area contributed by atoms with Gasteiger partial charge >= 0.3 is 5.69 Å². The molecule has 2 aliphatic rings. The van der Waals surface area contributed by atoms with Crippen molar-refractivity contribution >= 4 is 5.78 Å². The number of H-pyrrole nitrogens is 1. The number of nitrogens with zero attached hydrogens (tertiary/aromatic N) is 4. The molecule has 2 fully saturated rings. The van der Waals surface area contributed by atoms with Crippen LogP contribution in [0, 0.1) is 0 Å². The Balaban J connectivity index is 0.930. The summed E-state index contributed by atoms with van der Waals surface area (Å²) in [5, 5.41) is 51.5. The Morgan fingerprint density at radius 1 is 0.821 bits per heavy atom. The quantitative estimate of drug-likeness (QED) is 0.0533. The van der Waals surface area contributed by atoms with E-state index in [-0.39, 0.29) is 18.0 Å². The first-order chi connectivity index (χ1) is 27.1. The van der Waals surface area contributed by atoms with Gasteiger partial charge < -0.3 is 45.1 Å². The number of hydrogen-bond acceptors (Lipinski definition) is 13. The fourth-order valence-corrected chi connectivity index (χ4v) is 6.96. The van der Waals surface area contributed by atoms with E-state index in [1.54, 1.807) is 35.1 Å². The molecular weight excluding hydrogens is 728 g/mol. The van der Waals surface area contributed by atoms with E-state index in [1.807, 2.05) is 30.3 Å². The minimum atomic E-state index is -1.60. The number of unbranched alkanes of at least 4 members (excludes halogenated alkanes) is 7. The number of carbonyl (C=O) groups is 1. The number of aromatic nitrogens is 5. The summed E-state index contributed by atoms with van der Waals surface area (Å²) in [6, 6.07) is 17.5. The first-order valence-electron chi connectivity index (χ1n) is 19.2. The van der Waals surface area contributed by atoms with Crippen LogP contribution in [0.5, 0.6) is 5.75 Å². The molecule has 4 heterocycles. The van der Waals surface area contributed by atoms with Crippen molar-refractivity contribution in [1.82, 2.24) is 24.5 Å². The first kappa shape index (κ1) is 41.1. The average Bonchev–Trinajstić information content (AvgIpc) is 3.88. The van der Waals surface area contributed by atoms with Crippen LogP contribution >= 0.6 is 0 Å². The van der Waals surface area contributed by atoms with Gasteiger partial charge in [-0.1, -0.05) is 74.1 Å². The van der Waals surface area contributed by atoms with Crippen molar-refractivity contribution in [2.75, 3.05) is 13.2 Å². The maximum absolute atomic E-state index is 12.6. The average molecular weight is 780 g/mol. The molecule has 2 aliphatic heterocycles. The molecule has 0 radical (unpaired) electrons. The van der Waals surface area contributed by atoms with E-state index in [9.17, 15) is 34.8 Å². The van der Waals surface area contributed by atoms with E-state index in [4.69, 9.17) is 18.9 Å². The summed E-state index contributed by atoms with van der Waals surface area (Å²) in [5.41, 5.74) is 3.73. The summed E-state index contributed by atoms with van der Waals surface area (Å²) < 4.78 is 26.2. The maximum atomic E-state index is 12.6. The number of aliphatic hydroxyl groups is 4. The normalized spacial score (nSPS) is 25.4. The number of ketones is 1. The van der Waals surface area contributed by atoms with Gasteiger partial charge in [0, 0.05) is 29.9 Å². The van der Waals surface area contributed by atoms with Crippen LogP contribution in [0.4, 0.5) is 0 Å². The molecule has 4 aromatic rings. The Hall–Kier alpha value is -4.59. The van der Waals surface area contributed by atoms with Crippen molar-refractivity contribution in [2.24, 2.45) is 0 Å². The third kappa shape index (κ3) is 10.0. The summed E-state index contributed by atoms with van der Waals surface area (Å²) in [6.07, 6.45) is -1.09. The maximum Gasteiger partial charge on any atom is 0.330 e. The largest absolute Gasteiger partial charge is 0.494 e. The number of ether oxygens (including phenoxy) is 4. The van der Waals surface area contributed by atoms with E-state index in [0.717, 1.165) is 73.9 Å². The van der Waals surface area contributed by atoms with Crippen LogP contribution in [-0.2, 0) is 20.8 Å². The predicted octanol–water partition coefficient (Wildman–Crippen LogP) is 0.625. The zero-order valence-electron chi connectivity index (χ0n) is 31.0. The van der Waals surface area contributed by atoms with Crippen molar-refractivity contribution in [3.8, 4) is 5.75 Å². The molecule has 0 aliphatic carbocycles. The molecular formula is C39H51N6O11+. The summed E-state index contributed by atoms with van der Waals surface area (Å²) in [5.74, 6) is 0.737. The SMILES string of the molecule is [NH3+]C[C@H]1O[C@@H](OC(c2cn(CCCCCCCCCCOc3ccc(C(=O)c4ccccc4)cc3)nn2)[C@H]2O[C@@H](n3ccc(=O)[nH]c3=O)[C@H](O)[C@@H]2O)[C@H](O)[C@@H]1O. The van der Waals surface area contributed by atoms with Gasteiger partial charge in [-0.25, -0.2) is 4.79 Å². The number of aliphatic hydroxyl groups excluding tert-OH is 4. The van der Waals surface area contributed by atoms with Crippen molar-refractivity contribution in [1.29, 1.82) is 0 Å². The fraction of sp³-hybridized carbons (Fsp3) is 0.513. The molecule has 1 unspecified atom stereocenters. The molecule has 0 spiro atoms. The zero-order valence-corrected chi connectivity index (χ0v) is 31.0. The minimum Gasteiger partial charge on any atom is -0.494 e. The second-order valence-corrected chi connectivity index (χ2v) is 14.2. The molecule has 302 valence electrons. The highest BCUT2D eigenvalue weighted by molar-refractivity contribution is 6.08. The zero-order chi connectivity index (χ0) is 39.6. The van der Waals surface area contributed by atoms with Crippen LogP contribution in [0.25, 0.3) is 0 Å². The van der Waals surface area contributed by atoms with Crippen LogP contribution < -0.4 is 21.7 Å². The molecule has 2 aromatic carbocycles. The van der Waals surface area contributed by atoms with E-state index in [0.29, 0.717) is 24.3 Å². The summed E-state index contributed by atoms with van der Waals surface area (Å²) >= 11 is 0. The van der Waals surface area contributed by atoms with E-state index in [2.05, 4.69) is 21.0 Å². The van der Waals surface area contributed by atoms with Gasteiger partial charge in [0.1, 0.15) is 60.7 Å². The van der Waals surface area contributed by atoms with Crippen LogP contribution in [-0.4, -0.2) is 107 Å². The standard InChI is InChI=1S/C39H50N6O11/c40-22-28-31(48)34(51)38(54-28)56-35(36-32(49)33(50)37(55-36)45-20-18-29(46)41-39(45)52)27-23-44(43-42-27)19-10-5-3-1-2-4-6-11-21-53-26-16-14-25(15-17-26)30(47)24-12-8-7-9-13-24/h7-9,12-18,20,23,28,31-38,48-51H,1-6,10-11,19,21-22,40H2,(H,41,46,52)/p+1/t28-,31-,32+,33-,34-,35?,36+,37-,38+/m1/s1. The number of aryl methyl sites for hydroxylation is 1. The molecule has 6 rings (SSSR count). The lowest BCUT2D eigenvalue weighted by atomic mass is 10.0. The monoisotopic (exact) mass is 779 g/mol. The topological polar surface area (TPSA) is 248 Å². The molecule has 8 N–H and O–H groups in total. The molecule has 2 saturated heterocycles. The molecule has 56 heavy (non-hydrogen) atoms. The lowest BCUT2D eigenvalue weighted by molar-refractivity contribution is -0.391. The van der Waals surface area contributed by atoms with Crippen LogP contribution in [0.3, 0.4) is 0 Å². The van der Waals surface area contributed by atoms with Gasteiger partial charge in [-0.2, -0.15) is 0 Å². The van der Waals surface area contributed by atoms with Crippen molar-refractivity contribution < 1.29 is 49.9 Å². The minimum absolute atomic E-state index is 0.0117. The second-order valence-electron chi connectivity index (χ2n) is 14.2. The van der Waals surface area contributed by atoms with Gasteiger partial charge in [-0.05, 0) is 37.1 Å². The van der Waals surface area contributed by atoms with E-state index < -0.39 is 66.5 Å².